The lowest BCUT2D eigenvalue weighted by molar-refractivity contribution is 0.453. The van der Waals surface area contributed by atoms with Crippen LogP contribution < -0.4 is 11.3 Å². The van der Waals surface area contributed by atoms with Crippen LogP contribution in [0, 0.1) is 13.8 Å². The Balaban J connectivity index is 2.36. The zero-order valence-electron chi connectivity index (χ0n) is 10.5. The minimum absolute atomic E-state index is 0.569. The fourth-order valence-electron chi connectivity index (χ4n) is 1.40. The first-order valence-electron chi connectivity index (χ1n) is 5.58. The molecule has 0 aliphatic rings. The molecule has 6 nitrogen and oxygen atoms in total. The van der Waals surface area contributed by atoms with Gasteiger partial charge in [-0.2, -0.15) is 0 Å². The van der Waals surface area contributed by atoms with Crippen LogP contribution in [0.2, 0.25) is 0 Å². The minimum atomic E-state index is 0.569. The van der Waals surface area contributed by atoms with Gasteiger partial charge in [-0.1, -0.05) is 6.92 Å². The third-order valence-corrected chi connectivity index (χ3v) is 3.34. The number of aryl methyl sites for hydroxylation is 2. The fourth-order valence-corrected chi connectivity index (χ4v) is 2.25. The number of aromatic nitrogens is 3. The van der Waals surface area contributed by atoms with Gasteiger partial charge in [0.15, 0.2) is 0 Å². The van der Waals surface area contributed by atoms with E-state index in [4.69, 9.17) is 10.3 Å². The molecule has 3 N–H and O–H groups in total. The number of hydrogen-bond donors (Lipinski definition) is 2. The summed E-state index contributed by atoms with van der Waals surface area (Å²) < 4.78 is 5.31. The van der Waals surface area contributed by atoms with E-state index in [0.29, 0.717) is 11.0 Å². The Hall–Kier alpha value is -1.60. The Morgan fingerprint density at radius 2 is 2.11 bits per heavy atom. The van der Waals surface area contributed by atoms with Gasteiger partial charge in [-0.15, -0.1) is 0 Å². The van der Waals surface area contributed by atoms with Crippen LogP contribution in [0.5, 0.6) is 0 Å². The maximum absolute atomic E-state index is 5.45. The SMILES string of the molecule is CCc1nc(NN)c(C)c(Sc2nc(C)co2)n1. The summed E-state index contributed by atoms with van der Waals surface area (Å²) in [5.74, 6) is 6.82. The summed E-state index contributed by atoms with van der Waals surface area (Å²) in [6, 6.07) is 0. The number of anilines is 1. The van der Waals surface area contributed by atoms with Gasteiger partial charge in [-0.05, 0) is 25.6 Å². The van der Waals surface area contributed by atoms with Gasteiger partial charge in [-0.25, -0.2) is 20.8 Å². The average molecular weight is 265 g/mol. The van der Waals surface area contributed by atoms with Crippen LogP contribution in [-0.4, -0.2) is 15.0 Å². The Labute approximate surface area is 109 Å². The number of nitrogens with zero attached hydrogens (tertiary/aromatic N) is 3. The van der Waals surface area contributed by atoms with E-state index in [1.807, 2.05) is 20.8 Å². The molecule has 0 bridgehead atoms. The van der Waals surface area contributed by atoms with Crippen molar-refractivity contribution in [1.29, 1.82) is 0 Å². The maximum Gasteiger partial charge on any atom is 0.262 e. The Morgan fingerprint density at radius 3 is 2.67 bits per heavy atom. The Morgan fingerprint density at radius 1 is 1.33 bits per heavy atom. The summed E-state index contributed by atoms with van der Waals surface area (Å²) in [5, 5.41) is 1.37. The molecule has 2 rings (SSSR count). The summed E-state index contributed by atoms with van der Waals surface area (Å²) in [7, 11) is 0. The normalized spacial score (nSPS) is 10.7. The van der Waals surface area contributed by atoms with Crippen molar-refractivity contribution < 1.29 is 4.42 Å². The molecule has 2 aromatic rings. The third kappa shape index (κ3) is 2.62. The molecule has 0 saturated heterocycles. The van der Waals surface area contributed by atoms with E-state index in [9.17, 15) is 0 Å². The molecule has 0 amide bonds. The average Bonchev–Trinajstić information content (AvgIpc) is 2.77. The molecule has 0 saturated carbocycles. The topological polar surface area (TPSA) is 89.9 Å². The standard InChI is InChI=1S/C11H15N5OS/c1-4-8-14-9(16-12)7(3)10(15-8)18-11-13-6(2)5-17-11/h5H,4,12H2,1-3H3,(H,14,15,16). The predicted octanol–water partition coefficient (Wildman–Crippen LogP) is 2.08. The molecule has 0 radical (unpaired) electrons. The number of rotatable bonds is 4. The van der Waals surface area contributed by atoms with Crippen molar-refractivity contribution in [1.82, 2.24) is 15.0 Å². The quantitative estimate of drug-likeness (QED) is 0.497. The van der Waals surface area contributed by atoms with Crippen molar-refractivity contribution in [2.24, 2.45) is 5.84 Å². The molecule has 7 heteroatoms. The summed E-state index contributed by atoms with van der Waals surface area (Å²) in [5.41, 5.74) is 4.32. The van der Waals surface area contributed by atoms with E-state index in [-0.39, 0.29) is 0 Å². The number of nitrogens with two attached hydrogens (primary N) is 1. The van der Waals surface area contributed by atoms with Gasteiger partial charge in [0.25, 0.3) is 5.22 Å². The Kier molecular flexibility index (Phi) is 3.83. The fraction of sp³-hybridized carbons (Fsp3) is 0.364. The van der Waals surface area contributed by atoms with Gasteiger partial charge >= 0.3 is 0 Å². The van der Waals surface area contributed by atoms with Gasteiger partial charge in [0.2, 0.25) is 0 Å². The highest BCUT2D eigenvalue weighted by molar-refractivity contribution is 7.99. The van der Waals surface area contributed by atoms with E-state index in [1.54, 1.807) is 6.26 Å². The summed E-state index contributed by atoms with van der Waals surface area (Å²) in [6.45, 7) is 5.78. The molecule has 0 spiro atoms. The smallest absolute Gasteiger partial charge is 0.262 e. The first kappa shape index (κ1) is 12.8. The highest BCUT2D eigenvalue weighted by Crippen LogP contribution is 2.30. The van der Waals surface area contributed by atoms with Gasteiger partial charge in [0, 0.05) is 12.0 Å². The number of oxazole rings is 1. The van der Waals surface area contributed by atoms with Gasteiger partial charge in [0.1, 0.15) is 22.9 Å². The van der Waals surface area contributed by atoms with Gasteiger partial charge < -0.3 is 9.84 Å². The second kappa shape index (κ2) is 5.36. The molecule has 0 atom stereocenters. The summed E-state index contributed by atoms with van der Waals surface area (Å²) in [4.78, 5) is 13.0. The number of hydrogen-bond acceptors (Lipinski definition) is 7. The van der Waals surface area contributed by atoms with E-state index in [2.05, 4.69) is 20.4 Å². The van der Waals surface area contributed by atoms with Crippen LogP contribution in [0.1, 0.15) is 24.0 Å². The molecule has 2 aromatic heterocycles. The molecule has 0 fully saturated rings. The molecule has 0 aliphatic heterocycles. The summed E-state index contributed by atoms with van der Waals surface area (Å²) in [6.07, 6.45) is 2.36. The molecule has 2 heterocycles. The zero-order chi connectivity index (χ0) is 13.1. The largest absolute Gasteiger partial charge is 0.439 e. The van der Waals surface area contributed by atoms with Gasteiger partial charge in [0.05, 0.1) is 5.69 Å². The first-order chi connectivity index (χ1) is 8.63. The first-order valence-corrected chi connectivity index (χ1v) is 6.39. The predicted molar refractivity (Wildman–Crippen MR) is 69.3 cm³/mol. The van der Waals surface area contributed by atoms with E-state index in [1.165, 1.54) is 11.8 Å². The zero-order valence-corrected chi connectivity index (χ0v) is 11.3. The minimum Gasteiger partial charge on any atom is -0.439 e. The highest BCUT2D eigenvalue weighted by Gasteiger charge is 2.13. The molecular weight excluding hydrogens is 250 g/mol. The van der Waals surface area contributed by atoms with Crippen LogP contribution in [0.25, 0.3) is 0 Å². The third-order valence-electron chi connectivity index (χ3n) is 2.38. The highest BCUT2D eigenvalue weighted by atomic mass is 32.2. The van der Waals surface area contributed by atoms with Crippen LogP contribution in [0.3, 0.4) is 0 Å². The molecule has 0 unspecified atom stereocenters. The van der Waals surface area contributed by atoms with Crippen LogP contribution in [0.4, 0.5) is 5.82 Å². The molecule has 0 aromatic carbocycles. The van der Waals surface area contributed by atoms with Gasteiger partial charge in [-0.3, -0.25) is 0 Å². The van der Waals surface area contributed by atoms with E-state index in [0.717, 1.165) is 28.5 Å². The van der Waals surface area contributed by atoms with E-state index < -0.39 is 0 Å². The van der Waals surface area contributed by atoms with Crippen molar-refractivity contribution in [3.63, 3.8) is 0 Å². The Bertz CT molecular complexity index is 554. The summed E-state index contributed by atoms with van der Waals surface area (Å²) >= 11 is 1.37. The lowest BCUT2D eigenvalue weighted by atomic mass is 10.3. The maximum atomic E-state index is 5.45. The second-order valence-corrected chi connectivity index (χ2v) is 4.71. The molecule has 0 aliphatic carbocycles. The number of nitrogen functional groups attached to an aromatic ring is 1. The van der Waals surface area contributed by atoms with E-state index >= 15 is 0 Å². The molecule has 18 heavy (non-hydrogen) atoms. The monoisotopic (exact) mass is 265 g/mol. The van der Waals surface area contributed by atoms with Crippen molar-refractivity contribution in [2.45, 2.75) is 37.4 Å². The van der Waals surface area contributed by atoms with Crippen LogP contribution in [-0.2, 0) is 6.42 Å². The second-order valence-electron chi connectivity index (χ2n) is 3.77. The van der Waals surface area contributed by atoms with Crippen LogP contribution >= 0.6 is 11.8 Å². The van der Waals surface area contributed by atoms with Crippen molar-refractivity contribution in [2.75, 3.05) is 5.43 Å². The van der Waals surface area contributed by atoms with Crippen molar-refractivity contribution >= 4 is 17.6 Å². The number of nitrogens with one attached hydrogen (secondary N) is 1. The lowest BCUT2D eigenvalue weighted by Crippen LogP contribution is -2.13. The number of hydrazine groups is 1. The van der Waals surface area contributed by atoms with Crippen LogP contribution in [0.15, 0.2) is 20.9 Å². The molecular formula is C11H15N5OS. The lowest BCUT2D eigenvalue weighted by Gasteiger charge is -2.09. The molecule has 96 valence electrons. The van der Waals surface area contributed by atoms with Crippen molar-refractivity contribution in [3.8, 4) is 0 Å². The van der Waals surface area contributed by atoms with Crippen molar-refractivity contribution in [3.05, 3.63) is 23.3 Å².